The topological polar surface area (TPSA) is 60.9 Å². The smallest absolute Gasteiger partial charge is 0.261 e. The Kier molecular flexibility index (Phi) is 8.60. The van der Waals surface area contributed by atoms with Crippen LogP contribution in [0.25, 0.3) is 0 Å². The SMILES string of the molecule is O=C1N(c2ccc(Br)cc2)[C@H](N2C(=O)[C@@]3(c4cc(Cl)ccc42)N(c2ccc(Br)cc2)C(=O)C3(c2ccccc2)c2ccccc2)C1(c1ccccc1)c1ccccc1. The van der Waals surface area contributed by atoms with Gasteiger partial charge in [0.1, 0.15) is 17.0 Å². The average molecular weight is 906 g/mol. The molecular formula is C49H32Br2ClN3O3. The molecule has 0 bridgehead atoms. The first-order valence-corrected chi connectivity index (χ1v) is 20.8. The van der Waals surface area contributed by atoms with Crippen LogP contribution in [-0.2, 0) is 30.8 Å². The highest BCUT2D eigenvalue weighted by Gasteiger charge is 2.82. The molecule has 2 saturated heterocycles. The van der Waals surface area contributed by atoms with Crippen LogP contribution in [0.2, 0.25) is 5.02 Å². The van der Waals surface area contributed by atoms with Crippen LogP contribution in [0.1, 0.15) is 27.8 Å². The Morgan fingerprint density at radius 2 is 0.914 bits per heavy atom. The summed E-state index contributed by atoms with van der Waals surface area (Å²) in [6.07, 6.45) is -0.926. The van der Waals surface area contributed by atoms with E-state index in [1.54, 1.807) is 20.8 Å². The number of hydrogen-bond donors (Lipinski definition) is 0. The standard InChI is InChI=1S/C49H32Br2ClN3O3/c50-36-21-26-39(27-22-36)53-43(47(44(53)56,32-13-5-1-6-14-32)33-15-7-2-8-16-33)54-42-30-25-38(52)31-41(42)49(46(54)58)48(34-17-9-3-10-18-34,35-19-11-4-12-20-35)45(57)55(49)40-28-23-37(51)24-29-40/h1-31,43H/t43-,49-/m1/s1. The van der Waals surface area contributed by atoms with Crippen molar-refractivity contribution in [1.82, 2.24) is 0 Å². The van der Waals surface area contributed by atoms with Gasteiger partial charge in [0.2, 0.25) is 11.8 Å². The molecule has 6 nitrogen and oxygen atoms in total. The normalized spacial score (nSPS) is 20.2. The van der Waals surface area contributed by atoms with E-state index in [1.807, 2.05) is 182 Å². The predicted octanol–water partition coefficient (Wildman–Crippen LogP) is 10.8. The first-order valence-electron chi connectivity index (χ1n) is 18.8. The van der Waals surface area contributed by atoms with E-state index in [4.69, 9.17) is 11.6 Å². The van der Waals surface area contributed by atoms with E-state index in [9.17, 15) is 0 Å². The molecule has 3 heterocycles. The van der Waals surface area contributed by atoms with Crippen molar-refractivity contribution >= 4 is 78.2 Å². The molecule has 58 heavy (non-hydrogen) atoms. The number of halogens is 3. The zero-order valence-electron chi connectivity index (χ0n) is 30.7. The molecule has 7 aromatic rings. The van der Waals surface area contributed by atoms with E-state index in [0.29, 0.717) is 38.8 Å². The number of β-lactam (4-membered cyclic amide) rings is 2. The van der Waals surface area contributed by atoms with Crippen molar-refractivity contribution in [3.8, 4) is 0 Å². The molecular weight excluding hydrogens is 874 g/mol. The van der Waals surface area contributed by atoms with Crippen LogP contribution in [0.5, 0.6) is 0 Å². The van der Waals surface area contributed by atoms with Gasteiger partial charge < -0.3 is 0 Å². The average Bonchev–Trinajstić information content (AvgIpc) is 3.51. The fourth-order valence-electron chi connectivity index (χ4n) is 9.75. The van der Waals surface area contributed by atoms with Crippen LogP contribution in [-0.4, -0.2) is 23.9 Å². The predicted molar refractivity (Wildman–Crippen MR) is 235 cm³/mol. The van der Waals surface area contributed by atoms with Gasteiger partial charge in [0.05, 0.1) is 5.69 Å². The van der Waals surface area contributed by atoms with E-state index in [1.165, 1.54) is 0 Å². The third-order valence-electron chi connectivity index (χ3n) is 12.0. The van der Waals surface area contributed by atoms with E-state index in [2.05, 4.69) is 31.9 Å². The number of carbonyl (C=O) groups excluding carboxylic acids is 3. The van der Waals surface area contributed by atoms with Gasteiger partial charge in [0, 0.05) is 30.9 Å². The highest BCUT2D eigenvalue weighted by molar-refractivity contribution is 9.10. The quantitative estimate of drug-likeness (QED) is 0.150. The molecule has 7 aromatic carbocycles. The number of amides is 3. The van der Waals surface area contributed by atoms with Gasteiger partial charge in [-0.3, -0.25) is 29.1 Å². The molecule has 3 amide bonds. The summed E-state index contributed by atoms with van der Waals surface area (Å²) in [6.45, 7) is 0. The number of hydrogen-bond acceptors (Lipinski definition) is 3. The lowest BCUT2D eigenvalue weighted by Crippen LogP contribution is -2.84. The largest absolute Gasteiger partial charge is 0.290 e. The van der Waals surface area contributed by atoms with Crippen molar-refractivity contribution in [2.24, 2.45) is 0 Å². The lowest BCUT2D eigenvalue weighted by atomic mass is 9.51. The van der Waals surface area contributed by atoms with Crippen molar-refractivity contribution in [3.63, 3.8) is 0 Å². The fraction of sp³-hybridized carbons (Fsp3) is 0.0816. The van der Waals surface area contributed by atoms with Crippen molar-refractivity contribution in [2.75, 3.05) is 14.7 Å². The van der Waals surface area contributed by atoms with Crippen LogP contribution in [0.15, 0.2) is 197 Å². The summed E-state index contributed by atoms with van der Waals surface area (Å²) in [4.78, 5) is 53.2. The lowest BCUT2D eigenvalue weighted by molar-refractivity contribution is -0.147. The summed E-state index contributed by atoms with van der Waals surface area (Å²) in [6, 6.07) is 58.9. The minimum atomic E-state index is -1.70. The number of anilines is 3. The van der Waals surface area contributed by atoms with Crippen LogP contribution in [0.3, 0.4) is 0 Å². The van der Waals surface area contributed by atoms with Crippen molar-refractivity contribution < 1.29 is 14.4 Å². The van der Waals surface area contributed by atoms with Gasteiger partial charge in [-0.25, -0.2) is 0 Å². The van der Waals surface area contributed by atoms with Gasteiger partial charge in [0.15, 0.2) is 5.54 Å². The molecule has 9 heteroatoms. The first kappa shape index (κ1) is 36.5. The van der Waals surface area contributed by atoms with Crippen LogP contribution >= 0.6 is 43.5 Å². The van der Waals surface area contributed by atoms with E-state index < -0.39 is 22.5 Å². The second-order valence-corrected chi connectivity index (χ2v) is 17.0. The van der Waals surface area contributed by atoms with Gasteiger partial charge in [-0.05, 0) is 89.0 Å². The summed E-state index contributed by atoms with van der Waals surface area (Å²) in [5, 5.41) is 0.407. The highest BCUT2D eigenvalue weighted by atomic mass is 79.9. The van der Waals surface area contributed by atoms with Gasteiger partial charge in [0.25, 0.3) is 5.91 Å². The summed E-state index contributed by atoms with van der Waals surface area (Å²) >= 11 is 14.1. The monoisotopic (exact) mass is 903 g/mol. The van der Waals surface area contributed by atoms with E-state index >= 15 is 14.4 Å². The molecule has 3 aliphatic heterocycles. The minimum absolute atomic E-state index is 0.187. The number of nitrogens with zero attached hydrogens (tertiary/aromatic N) is 3. The first-order chi connectivity index (χ1) is 28.3. The summed E-state index contributed by atoms with van der Waals surface area (Å²) < 4.78 is 1.68. The van der Waals surface area contributed by atoms with Gasteiger partial charge >= 0.3 is 0 Å². The van der Waals surface area contributed by atoms with E-state index in [-0.39, 0.29) is 17.7 Å². The second-order valence-electron chi connectivity index (χ2n) is 14.7. The van der Waals surface area contributed by atoms with Crippen LogP contribution < -0.4 is 14.7 Å². The van der Waals surface area contributed by atoms with Gasteiger partial charge in [-0.2, -0.15) is 0 Å². The number of fused-ring (bicyclic) bond motifs is 2. The molecule has 0 unspecified atom stereocenters. The fourth-order valence-corrected chi connectivity index (χ4v) is 10.4. The lowest BCUT2D eigenvalue weighted by Gasteiger charge is -2.63. The van der Waals surface area contributed by atoms with Crippen molar-refractivity contribution in [3.05, 3.63) is 230 Å². The minimum Gasteiger partial charge on any atom is -0.290 e. The maximum absolute atomic E-state index is 16.9. The summed E-state index contributed by atoms with van der Waals surface area (Å²) in [7, 11) is 0. The Labute approximate surface area is 357 Å². The number of carbonyl (C=O) groups is 3. The molecule has 0 N–H and O–H groups in total. The molecule has 1 spiro atoms. The number of benzene rings is 7. The van der Waals surface area contributed by atoms with Crippen LogP contribution in [0, 0.1) is 0 Å². The number of rotatable bonds is 7. The molecule has 0 radical (unpaired) electrons. The van der Waals surface area contributed by atoms with Gasteiger partial charge in [-0.15, -0.1) is 0 Å². The van der Waals surface area contributed by atoms with Crippen LogP contribution in [0.4, 0.5) is 17.1 Å². The zero-order valence-corrected chi connectivity index (χ0v) is 34.6. The summed E-state index contributed by atoms with van der Waals surface area (Å²) in [5.41, 5.74) is 0.464. The Morgan fingerprint density at radius 3 is 1.40 bits per heavy atom. The second kappa shape index (κ2) is 13.7. The molecule has 0 aliphatic carbocycles. The molecule has 2 atom stereocenters. The van der Waals surface area contributed by atoms with Crippen molar-refractivity contribution in [1.29, 1.82) is 0 Å². The van der Waals surface area contributed by atoms with Crippen molar-refractivity contribution in [2.45, 2.75) is 22.5 Å². The maximum Gasteiger partial charge on any atom is 0.261 e. The molecule has 10 rings (SSSR count). The highest BCUT2D eigenvalue weighted by Crippen LogP contribution is 2.68. The molecule has 3 aliphatic rings. The maximum atomic E-state index is 16.9. The van der Waals surface area contributed by atoms with E-state index in [0.717, 1.165) is 20.1 Å². The Bertz CT molecular complexity index is 2660. The third kappa shape index (κ3) is 4.73. The Morgan fingerprint density at radius 1 is 0.466 bits per heavy atom. The third-order valence-corrected chi connectivity index (χ3v) is 13.3. The molecule has 282 valence electrons. The molecule has 0 saturated carbocycles. The Balaban J connectivity index is 1.33. The Hall–Kier alpha value is -5.80. The molecule has 0 aromatic heterocycles. The molecule has 2 fully saturated rings. The van der Waals surface area contributed by atoms with Gasteiger partial charge in [-0.1, -0.05) is 165 Å². The summed E-state index contributed by atoms with van der Waals surface area (Å²) in [5.74, 6) is -0.815. The zero-order chi connectivity index (χ0) is 39.8.